The minimum absolute atomic E-state index is 0.0766. The van der Waals surface area contributed by atoms with E-state index in [-0.39, 0.29) is 5.91 Å². The summed E-state index contributed by atoms with van der Waals surface area (Å²) in [4.78, 5) is 15.4. The van der Waals surface area contributed by atoms with Gasteiger partial charge in [0.1, 0.15) is 0 Å². The number of carbonyl (C=O) groups is 1. The number of thiophene rings is 1. The number of rotatable bonds is 4. The molecule has 0 radical (unpaired) electrons. The number of hydrogen-bond acceptors (Lipinski definition) is 3. The molecule has 2 heterocycles. The molecule has 1 aromatic carbocycles. The SMILES string of the molecule is Cc1cc(C(=O)N(C)Cc2ccc(Br)s2)nn1-c1ccccc1. The molecule has 0 bridgehead atoms. The van der Waals surface area contributed by atoms with Crippen LogP contribution in [0.1, 0.15) is 21.1 Å². The molecule has 0 unspecified atom stereocenters. The lowest BCUT2D eigenvalue weighted by atomic mass is 10.3. The molecule has 0 fully saturated rings. The third-order valence-corrected chi connectivity index (χ3v) is 5.08. The number of carbonyl (C=O) groups excluding carboxylic acids is 1. The Bertz CT molecular complexity index is 825. The van der Waals surface area contributed by atoms with Crippen molar-refractivity contribution >= 4 is 33.2 Å². The molecule has 0 aliphatic carbocycles. The summed E-state index contributed by atoms with van der Waals surface area (Å²) in [6.07, 6.45) is 0. The van der Waals surface area contributed by atoms with Crippen LogP contribution in [0.15, 0.2) is 52.3 Å². The van der Waals surface area contributed by atoms with Crippen LogP contribution in [0.5, 0.6) is 0 Å². The maximum absolute atomic E-state index is 12.6. The first-order chi connectivity index (χ1) is 11.0. The van der Waals surface area contributed by atoms with Gasteiger partial charge in [-0.3, -0.25) is 4.79 Å². The fourth-order valence-corrected chi connectivity index (χ4v) is 3.88. The van der Waals surface area contributed by atoms with Crippen LogP contribution in [0.3, 0.4) is 0 Å². The van der Waals surface area contributed by atoms with Crippen molar-refractivity contribution in [1.82, 2.24) is 14.7 Å². The van der Waals surface area contributed by atoms with Crippen LogP contribution in [0, 0.1) is 6.92 Å². The maximum atomic E-state index is 12.6. The van der Waals surface area contributed by atoms with Gasteiger partial charge < -0.3 is 4.90 Å². The Morgan fingerprint density at radius 3 is 2.65 bits per heavy atom. The molecule has 0 aliphatic rings. The monoisotopic (exact) mass is 389 g/mol. The summed E-state index contributed by atoms with van der Waals surface area (Å²) in [7, 11) is 1.80. The number of benzene rings is 1. The average Bonchev–Trinajstić information content (AvgIpc) is 3.13. The number of hydrogen-bond donors (Lipinski definition) is 0. The molecule has 0 spiro atoms. The second kappa shape index (κ2) is 6.68. The van der Waals surface area contributed by atoms with Crippen LogP contribution in [-0.4, -0.2) is 27.6 Å². The molecule has 0 saturated carbocycles. The molecule has 0 saturated heterocycles. The van der Waals surface area contributed by atoms with Crippen molar-refractivity contribution in [2.45, 2.75) is 13.5 Å². The summed E-state index contributed by atoms with van der Waals surface area (Å²) in [5, 5.41) is 4.47. The van der Waals surface area contributed by atoms with E-state index in [0.717, 1.165) is 20.0 Å². The van der Waals surface area contributed by atoms with Crippen molar-refractivity contribution in [3.05, 3.63) is 68.6 Å². The molecule has 0 atom stereocenters. The summed E-state index contributed by atoms with van der Waals surface area (Å²) >= 11 is 5.07. The van der Waals surface area contributed by atoms with Crippen LogP contribution >= 0.6 is 27.3 Å². The predicted octanol–water partition coefficient (Wildman–Crippen LogP) is 4.28. The Kier molecular flexibility index (Phi) is 4.63. The fraction of sp³-hybridized carbons (Fsp3) is 0.176. The van der Waals surface area contributed by atoms with Crippen molar-refractivity contribution in [3.8, 4) is 5.69 Å². The van der Waals surface area contributed by atoms with Gasteiger partial charge in [0.2, 0.25) is 0 Å². The highest BCUT2D eigenvalue weighted by Crippen LogP contribution is 2.23. The molecule has 4 nitrogen and oxygen atoms in total. The number of aryl methyl sites for hydroxylation is 1. The van der Waals surface area contributed by atoms with Gasteiger partial charge in [-0.15, -0.1) is 11.3 Å². The molecular formula is C17H16BrN3OS. The Morgan fingerprint density at radius 1 is 1.26 bits per heavy atom. The van der Waals surface area contributed by atoms with Gasteiger partial charge in [-0.1, -0.05) is 18.2 Å². The molecule has 0 N–H and O–H groups in total. The molecule has 3 rings (SSSR count). The molecule has 6 heteroatoms. The molecular weight excluding hydrogens is 374 g/mol. The van der Waals surface area contributed by atoms with E-state index in [1.165, 1.54) is 0 Å². The number of aromatic nitrogens is 2. The third kappa shape index (κ3) is 3.54. The van der Waals surface area contributed by atoms with Crippen LogP contribution in [0.4, 0.5) is 0 Å². The van der Waals surface area contributed by atoms with E-state index < -0.39 is 0 Å². The normalized spacial score (nSPS) is 10.7. The van der Waals surface area contributed by atoms with Gasteiger partial charge in [-0.2, -0.15) is 5.10 Å². The lowest BCUT2D eigenvalue weighted by Gasteiger charge is -2.14. The highest BCUT2D eigenvalue weighted by molar-refractivity contribution is 9.11. The van der Waals surface area contributed by atoms with E-state index in [1.807, 2.05) is 55.5 Å². The van der Waals surface area contributed by atoms with Gasteiger partial charge in [0, 0.05) is 17.6 Å². The van der Waals surface area contributed by atoms with E-state index in [9.17, 15) is 4.79 Å². The van der Waals surface area contributed by atoms with Crippen molar-refractivity contribution in [3.63, 3.8) is 0 Å². The van der Waals surface area contributed by atoms with Crippen LogP contribution in [-0.2, 0) is 6.54 Å². The van der Waals surface area contributed by atoms with Gasteiger partial charge in [-0.25, -0.2) is 4.68 Å². The van der Waals surface area contributed by atoms with Crippen molar-refractivity contribution in [2.24, 2.45) is 0 Å². The Labute approximate surface area is 147 Å². The zero-order valence-corrected chi connectivity index (χ0v) is 15.3. The Morgan fingerprint density at radius 2 is 2.00 bits per heavy atom. The molecule has 2 aromatic heterocycles. The van der Waals surface area contributed by atoms with Gasteiger partial charge >= 0.3 is 0 Å². The van der Waals surface area contributed by atoms with Crippen molar-refractivity contribution < 1.29 is 4.79 Å². The standard InChI is InChI=1S/C17H16BrN3OS/c1-12-10-15(19-21(12)13-6-4-3-5-7-13)17(22)20(2)11-14-8-9-16(18)23-14/h3-10H,11H2,1-2H3. The maximum Gasteiger partial charge on any atom is 0.274 e. The quantitative estimate of drug-likeness (QED) is 0.667. The zero-order chi connectivity index (χ0) is 16.4. The van der Waals surface area contributed by atoms with Crippen LogP contribution in [0.25, 0.3) is 5.69 Å². The van der Waals surface area contributed by atoms with Crippen LogP contribution in [0.2, 0.25) is 0 Å². The predicted molar refractivity (Wildman–Crippen MR) is 96.1 cm³/mol. The zero-order valence-electron chi connectivity index (χ0n) is 12.9. The summed E-state index contributed by atoms with van der Waals surface area (Å²) in [6, 6.07) is 15.7. The molecule has 1 amide bonds. The van der Waals surface area contributed by atoms with Gasteiger partial charge in [0.05, 0.1) is 16.0 Å². The molecule has 23 heavy (non-hydrogen) atoms. The number of halogens is 1. The largest absolute Gasteiger partial charge is 0.335 e. The summed E-state index contributed by atoms with van der Waals surface area (Å²) in [5.41, 5.74) is 2.35. The summed E-state index contributed by atoms with van der Waals surface area (Å²) in [6.45, 7) is 2.53. The van der Waals surface area contributed by atoms with E-state index in [0.29, 0.717) is 12.2 Å². The first kappa shape index (κ1) is 16.0. The van der Waals surface area contributed by atoms with Crippen LogP contribution < -0.4 is 0 Å². The highest BCUT2D eigenvalue weighted by atomic mass is 79.9. The highest BCUT2D eigenvalue weighted by Gasteiger charge is 2.18. The van der Waals surface area contributed by atoms with E-state index in [2.05, 4.69) is 21.0 Å². The smallest absolute Gasteiger partial charge is 0.274 e. The first-order valence-electron chi connectivity index (χ1n) is 7.16. The molecule has 3 aromatic rings. The number of para-hydroxylation sites is 1. The lowest BCUT2D eigenvalue weighted by Crippen LogP contribution is -2.26. The minimum Gasteiger partial charge on any atom is -0.335 e. The lowest BCUT2D eigenvalue weighted by molar-refractivity contribution is 0.0780. The number of amides is 1. The topological polar surface area (TPSA) is 38.1 Å². The minimum atomic E-state index is -0.0766. The number of nitrogens with zero attached hydrogens (tertiary/aromatic N) is 3. The van der Waals surface area contributed by atoms with Crippen molar-refractivity contribution in [1.29, 1.82) is 0 Å². The second-order valence-electron chi connectivity index (χ2n) is 5.29. The van der Waals surface area contributed by atoms with E-state index >= 15 is 0 Å². The second-order valence-corrected chi connectivity index (χ2v) is 7.83. The molecule has 0 aliphatic heterocycles. The Hall–Kier alpha value is -1.92. The summed E-state index contributed by atoms with van der Waals surface area (Å²) in [5.74, 6) is -0.0766. The van der Waals surface area contributed by atoms with Gasteiger partial charge in [0.15, 0.2) is 5.69 Å². The summed E-state index contributed by atoms with van der Waals surface area (Å²) < 4.78 is 2.86. The third-order valence-electron chi connectivity index (χ3n) is 3.48. The van der Waals surface area contributed by atoms with Gasteiger partial charge in [0.25, 0.3) is 5.91 Å². The van der Waals surface area contributed by atoms with Gasteiger partial charge in [-0.05, 0) is 53.2 Å². The molecule has 118 valence electrons. The average molecular weight is 390 g/mol. The Balaban J connectivity index is 1.80. The van der Waals surface area contributed by atoms with Crippen molar-refractivity contribution in [2.75, 3.05) is 7.05 Å². The first-order valence-corrected chi connectivity index (χ1v) is 8.77. The fourth-order valence-electron chi connectivity index (χ4n) is 2.35. The van der Waals surface area contributed by atoms with E-state index in [4.69, 9.17) is 0 Å². The van der Waals surface area contributed by atoms with E-state index in [1.54, 1.807) is 28.0 Å².